The predicted molar refractivity (Wildman–Crippen MR) is 143 cm³/mol. The second-order valence-electron chi connectivity index (χ2n) is 9.63. The molecule has 7 nitrogen and oxygen atoms in total. The van der Waals surface area contributed by atoms with Crippen molar-refractivity contribution in [3.63, 3.8) is 0 Å². The van der Waals surface area contributed by atoms with E-state index < -0.39 is 0 Å². The lowest BCUT2D eigenvalue weighted by atomic mass is 10.0. The Balaban J connectivity index is 0.00000320. The number of nitrogens with zero attached hydrogens (tertiary/aromatic N) is 2. The number of likely N-dealkylation sites (tertiary alicyclic amines) is 1. The fraction of sp³-hybridized carbons (Fsp3) is 0.407. The SMILES string of the molecule is O=C(C[NH+]1CCCC(n2nc(Cc3ccc(Cl)cc3)c3ccccc3c2=O)CC1)NC1CCSC1=O.[Cl-]. The molecule has 5 rings (SSSR count). The summed E-state index contributed by atoms with van der Waals surface area (Å²) in [5.74, 6) is 0.700. The summed E-state index contributed by atoms with van der Waals surface area (Å²) in [5, 5.41) is 10.1. The van der Waals surface area contributed by atoms with Crippen LogP contribution in [0.3, 0.4) is 0 Å². The zero-order valence-corrected chi connectivity index (χ0v) is 22.7. The lowest BCUT2D eigenvalue weighted by Gasteiger charge is -2.19. The highest BCUT2D eigenvalue weighted by Gasteiger charge is 2.29. The minimum Gasteiger partial charge on any atom is -1.00 e. The molecule has 196 valence electrons. The van der Waals surface area contributed by atoms with E-state index in [4.69, 9.17) is 16.7 Å². The number of amides is 1. The van der Waals surface area contributed by atoms with E-state index >= 15 is 0 Å². The van der Waals surface area contributed by atoms with Crippen molar-refractivity contribution in [2.45, 2.75) is 44.2 Å². The minimum absolute atomic E-state index is 0. The van der Waals surface area contributed by atoms with Crippen molar-refractivity contribution >= 4 is 45.2 Å². The third-order valence-corrected chi connectivity index (χ3v) is 8.38. The highest BCUT2D eigenvalue weighted by Crippen LogP contribution is 2.22. The molecule has 0 saturated carbocycles. The fourth-order valence-corrected chi connectivity index (χ4v) is 6.25. The normalized spacial score (nSPS) is 21.9. The zero-order valence-electron chi connectivity index (χ0n) is 20.4. The summed E-state index contributed by atoms with van der Waals surface area (Å²) in [4.78, 5) is 39.0. The van der Waals surface area contributed by atoms with Gasteiger partial charge in [0.2, 0.25) is 5.12 Å². The molecule has 0 radical (unpaired) electrons. The van der Waals surface area contributed by atoms with Gasteiger partial charge in [0, 0.05) is 29.0 Å². The standard InChI is InChI=1S/C27H29ClN4O3S.ClH/c28-19-9-7-18(8-10-19)16-24-21-5-1-2-6-22(21)26(34)32(30-24)20-4-3-13-31(14-11-20)17-25(33)29-23-12-15-36-27(23)35;/h1-2,5-10,20,23H,3-4,11-17H2,(H,29,33);1H. The first-order valence-electron chi connectivity index (χ1n) is 12.5. The molecule has 1 amide bonds. The second-order valence-corrected chi connectivity index (χ2v) is 11.2. The Hall–Kier alpha value is -2.39. The van der Waals surface area contributed by atoms with Crippen LogP contribution in [0.15, 0.2) is 53.3 Å². The Morgan fingerprint density at radius 1 is 1.05 bits per heavy atom. The number of aromatic nitrogens is 2. The molecule has 2 aliphatic heterocycles. The fourth-order valence-electron chi connectivity index (χ4n) is 5.20. The predicted octanol–water partition coefficient (Wildman–Crippen LogP) is -0.597. The maximum Gasteiger partial charge on any atom is 0.275 e. The van der Waals surface area contributed by atoms with Crippen molar-refractivity contribution < 1.29 is 26.9 Å². The van der Waals surface area contributed by atoms with E-state index in [1.165, 1.54) is 16.7 Å². The van der Waals surface area contributed by atoms with Crippen LogP contribution in [0.4, 0.5) is 0 Å². The first-order chi connectivity index (χ1) is 17.5. The van der Waals surface area contributed by atoms with Gasteiger partial charge in [-0.2, -0.15) is 5.10 Å². The Labute approximate surface area is 231 Å². The van der Waals surface area contributed by atoms with E-state index in [1.807, 2.05) is 48.5 Å². The third kappa shape index (κ3) is 6.55. The quantitative estimate of drug-likeness (QED) is 0.420. The molecule has 0 bridgehead atoms. The van der Waals surface area contributed by atoms with Gasteiger partial charge in [-0.3, -0.25) is 14.4 Å². The maximum absolute atomic E-state index is 13.5. The minimum atomic E-state index is -0.346. The van der Waals surface area contributed by atoms with Crippen LogP contribution in [-0.4, -0.2) is 52.2 Å². The van der Waals surface area contributed by atoms with Gasteiger partial charge < -0.3 is 22.6 Å². The van der Waals surface area contributed by atoms with Crippen LogP contribution < -0.4 is 28.2 Å². The molecule has 3 unspecified atom stereocenters. The van der Waals surface area contributed by atoms with Crippen LogP contribution in [0, 0.1) is 0 Å². The van der Waals surface area contributed by atoms with Crippen LogP contribution in [0.1, 0.15) is 43.0 Å². The number of rotatable bonds is 6. The number of fused-ring (bicyclic) bond motifs is 1. The summed E-state index contributed by atoms with van der Waals surface area (Å²) >= 11 is 7.35. The van der Waals surface area contributed by atoms with Crippen molar-refractivity contribution in [1.29, 1.82) is 0 Å². The average molecular weight is 562 g/mol. The van der Waals surface area contributed by atoms with Crippen LogP contribution >= 0.6 is 23.4 Å². The summed E-state index contributed by atoms with van der Waals surface area (Å²) in [6, 6.07) is 15.0. The van der Waals surface area contributed by atoms with Gasteiger partial charge in [-0.05, 0) is 43.0 Å². The van der Waals surface area contributed by atoms with Gasteiger partial charge in [-0.15, -0.1) is 0 Å². The number of hydrogen-bond acceptors (Lipinski definition) is 5. The number of halogens is 2. The summed E-state index contributed by atoms with van der Waals surface area (Å²) < 4.78 is 1.69. The molecule has 0 aliphatic carbocycles. The zero-order chi connectivity index (χ0) is 25.1. The van der Waals surface area contributed by atoms with Crippen LogP contribution in [0.2, 0.25) is 5.02 Å². The summed E-state index contributed by atoms with van der Waals surface area (Å²) in [5.41, 5.74) is 1.90. The summed E-state index contributed by atoms with van der Waals surface area (Å²) in [6.07, 6.45) is 3.84. The Bertz CT molecular complexity index is 1330. The molecule has 2 fully saturated rings. The second kappa shape index (κ2) is 12.4. The summed E-state index contributed by atoms with van der Waals surface area (Å²) in [7, 11) is 0. The van der Waals surface area contributed by atoms with E-state index in [2.05, 4.69) is 5.32 Å². The Kier molecular flexibility index (Phi) is 9.29. The smallest absolute Gasteiger partial charge is 0.275 e. The highest BCUT2D eigenvalue weighted by molar-refractivity contribution is 8.14. The van der Waals surface area contributed by atoms with Gasteiger partial charge in [-0.25, -0.2) is 4.68 Å². The van der Waals surface area contributed by atoms with Gasteiger partial charge in [0.25, 0.3) is 11.5 Å². The number of quaternary nitrogens is 1. The Morgan fingerprint density at radius 3 is 2.54 bits per heavy atom. The van der Waals surface area contributed by atoms with E-state index in [9.17, 15) is 14.4 Å². The molecule has 3 heterocycles. The molecule has 2 aliphatic rings. The Morgan fingerprint density at radius 2 is 1.81 bits per heavy atom. The molecule has 2 aromatic carbocycles. The molecule has 3 atom stereocenters. The molecular weight excluding hydrogens is 531 g/mol. The topological polar surface area (TPSA) is 85.5 Å². The number of hydrogen-bond donors (Lipinski definition) is 2. The van der Waals surface area contributed by atoms with Crippen molar-refractivity contribution in [3.05, 3.63) is 75.2 Å². The first kappa shape index (κ1) is 27.6. The third-order valence-electron chi connectivity index (χ3n) is 7.12. The van der Waals surface area contributed by atoms with E-state index in [1.54, 1.807) is 4.68 Å². The van der Waals surface area contributed by atoms with Crippen molar-refractivity contribution in [1.82, 2.24) is 15.1 Å². The molecule has 2 saturated heterocycles. The van der Waals surface area contributed by atoms with Gasteiger partial charge in [-0.1, -0.05) is 53.7 Å². The number of carbonyl (C=O) groups excluding carboxylic acids is 2. The molecule has 37 heavy (non-hydrogen) atoms. The van der Waals surface area contributed by atoms with Gasteiger partial charge in [0.15, 0.2) is 6.54 Å². The molecular formula is C27H30Cl2N4O3S. The molecule has 3 aromatic rings. The van der Waals surface area contributed by atoms with Crippen molar-refractivity contribution in [3.8, 4) is 0 Å². The van der Waals surface area contributed by atoms with E-state index in [0.717, 1.165) is 54.7 Å². The van der Waals surface area contributed by atoms with Crippen LogP contribution in [-0.2, 0) is 16.0 Å². The van der Waals surface area contributed by atoms with E-state index in [-0.39, 0.29) is 41.1 Å². The lowest BCUT2D eigenvalue weighted by Crippen LogP contribution is -3.13. The molecule has 10 heteroatoms. The number of carbonyl (C=O) groups is 2. The summed E-state index contributed by atoms with van der Waals surface area (Å²) in [6.45, 7) is 1.99. The van der Waals surface area contributed by atoms with Crippen molar-refractivity contribution in [2.24, 2.45) is 0 Å². The number of nitrogens with one attached hydrogen (secondary N) is 2. The first-order valence-corrected chi connectivity index (χ1v) is 13.9. The number of benzene rings is 2. The average Bonchev–Trinajstić information content (AvgIpc) is 3.13. The molecule has 2 N–H and O–H groups in total. The number of thioether (sulfide) groups is 1. The van der Waals surface area contributed by atoms with E-state index in [0.29, 0.717) is 29.8 Å². The van der Waals surface area contributed by atoms with Crippen molar-refractivity contribution in [2.75, 3.05) is 25.4 Å². The van der Waals surface area contributed by atoms with Crippen LogP contribution in [0.25, 0.3) is 10.8 Å². The highest BCUT2D eigenvalue weighted by atomic mass is 35.5. The van der Waals surface area contributed by atoms with Gasteiger partial charge in [0.1, 0.15) is 0 Å². The monoisotopic (exact) mass is 560 g/mol. The van der Waals surface area contributed by atoms with Gasteiger partial charge in [0.05, 0.1) is 36.3 Å². The lowest BCUT2D eigenvalue weighted by molar-refractivity contribution is -0.891. The largest absolute Gasteiger partial charge is 1.00 e. The maximum atomic E-state index is 13.5. The molecule has 0 spiro atoms. The molecule has 1 aromatic heterocycles. The van der Waals surface area contributed by atoms with Crippen LogP contribution in [0.5, 0.6) is 0 Å². The van der Waals surface area contributed by atoms with Gasteiger partial charge >= 0.3 is 0 Å².